The van der Waals surface area contributed by atoms with Crippen molar-refractivity contribution in [3.8, 4) is 0 Å². The van der Waals surface area contributed by atoms with Gasteiger partial charge in [0.2, 0.25) is 0 Å². The van der Waals surface area contributed by atoms with E-state index in [-0.39, 0.29) is 5.92 Å². The van der Waals surface area contributed by atoms with Crippen LogP contribution in [0.15, 0.2) is 30.5 Å². The number of hydrogen-bond acceptors (Lipinski definition) is 2. The summed E-state index contributed by atoms with van der Waals surface area (Å²) >= 11 is 0. The van der Waals surface area contributed by atoms with E-state index in [9.17, 15) is 0 Å². The lowest BCUT2D eigenvalue weighted by Crippen LogP contribution is -2.16. The molecule has 0 amide bonds. The maximum atomic E-state index is 6.12. The minimum absolute atomic E-state index is 0.153. The van der Waals surface area contributed by atoms with E-state index < -0.39 is 0 Å². The summed E-state index contributed by atoms with van der Waals surface area (Å²) < 4.78 is 1.97. The topological polar surface area (TPSA) is 59.6 Å². The quantitative estimate of drug-likeness (QED) is 0.775. The number of nitrogens with two attached hydrogens (primary N) is 1. The molecule has 0 aliphatic rings. The molecule has 0 spiro atoms. The van der Waals surface area contributed by atoms with Crippen LogP contribution in [-0.2, 0) is 7.05 Å². The van der Waals surface area contributed by atoms with Crippen molar-refractivity contribution in [1.29, 1.82) is 0 Å². The molecule has 3 rings (SSSR count). The molecule has 0 saturated heterocycles. The first kappa shape index (κ1) is 14.9. The zero-order chi connectivity index (χ0) is 15.9. The zero-order valence-electron chi connectivity index (χ0n) is 13.7. The Morgan fingerprint density at radius 3 is 2.68 bits per heavy atom. The van der Waals surface area contributed by atoms with Crippen LogP contribution in [0.25, 0.3) is 10.9 Å². The Morgan fingerprint density at radius 2 is 2.05 bits per heavy atom. The van der Waals surface area contributed by atoms with Crippen LogP contribution in [0.5, 0.6) is 0 Å². The van der Waals surface area contributed by atoms with Crippen LogP contribution in [-0.4, -0.2) is 21.3 Å². The van der Waals surface area contributed by atoms with E-state index in [1.54, 1.807) is 0 Å². The minimum Gasteiger partial charge on any atom is -0.361 e. The van der Waals surface area contributed by atoms with Crippen molar-refractivity contribution in [2.45, 2.75) is 32.6 Å². The molecule has 116 valence electrons. The summed E-state index contributed by atoms with van der Waals surface area (Å²) in [7, 11) is 2.00. The van der Waals surface area contributed by atoms with Gasteiger partial charge in [0.1, 0.15) is 0 Å². The van der Waals surface area contributed by atoms with Gasteiger partial charge in [0.15, 0.2) is 0 Å². The molecule has 0 fully saturated rings. The highest BCUT2D eigenvalue weighted by molar-refractivity contribution is 5.84. The highest BCUT2D eigenvalue weighted by Gasteiger charge is 2.21. The lowest BCUT2D eigenvalue weighted by Gasteiger charge is -2.14. The lowest BCUT2D eigenvalue weighted by molar-refractivity contribution is 0.651. The minimum atomic E-state index is 0.153. The zero-order valence-corrected chi connectivity index (χ0v) is 13.7. The number of benzene rings is 1. The van der Waals surface area contributed by atoms with E-state index in [0.717, 1.165) is 11.2 Å². The molecule has 0 saturated carbocycles. The molecule has 1 unspecified atom stereocenters. The van der Waals surface area contributed by atoms with Crippen molar-refractivity contribution in [3.63, 3.8) is 0 Å². The maximum absolute atomic E-state index is 6.12. The third-order valence-electron chi connectivity index (χ3n) is 4.36. The summed E-state index contributed by atoms with van der Waals surface area (Å²) in [5.41, 5.74) is 12.1. The first-order valence-electron chi connectivity index (χ1n) is 7.82. The highest BCUT2D eigenvalue weighted by atomic mass is 15.3. The van der Waals surface area contributed by atoms with Crippen molar-refractivity contribution < 1.29 is 0 Å². The summed E-state index contributed by atoms with van der Waals surface area (Å²) in [6, 6.07) is 8.67. The number of aromatic amines is 1. The number of rotatable bonds is 4. The number of H-pyrrole nitrogens is 1. The fourth-order valence-corrected chi connectivity index (χ4v) is 3.06. The molecule has 1 aromatic carbocycles. The highest BCUT2D eigenvalue weighted by Crippen LogP contribution is 2.31. The normalized spacial score (nSPS) is 13.2. The van der Waals surface area contributed by atoms with Crippen LogP contribution < -0.4 is 5.73 Å². The Morgan fingerprint density at radius 1 is 1.27 bits per heavy atom. The van der Waals surface area contributed by atoms with Crippen molar-refractivity contribution in [2.24, 2.45) is 12.8 Å². The van der Waals surface area contributed by atoms with Gasteiger partial charge in [-0.3, -0.25) is 4.68 Å². The first-order valence-corrected chi connectivity index (χ1v) is 7.82. The van der Waals surface area contributed by atoms with E-state index >= 15 is 0 Å². The number of hydrogen-bond donors (Lipinski definition) is 2. The predicted molar refractivity (Wildman–Crippen MR) is 91.2 cm³/mol. The second-order valence-electron chi connectivity index (χ2n) is 6.35. The lowest BCUT2D eigenvalue weighted by atomic mass is 9.94. The molecule has 4 heteroatoms. The number of fused-ring (bicyclic) bond motifs is 1. The number of aryl methyl sites for hydroxylation is 2. The Balaban J connectivity index is 2.12. The number of aromatic nitrogens is 3. The molecule has 1 atom stereocenters. The average molecular weight is 296 g/mol. The second kappa shape index (κ2) is 5.61. The monoisotopic (exact) mass is 296 g/mol. The van der Waals surface area contributed by atoms with E-state index in [4.69, 9.17) is 5.73 Å². The molecule has 3 N–H and O–H groups in total. The molecule has 0 aliphatic heterocycles. The molecule has 0 bridgehead atoms. The van der Waals surface area contributed by atoms with Crippen LogP contribution in [0.3, 0.4) is 0 Å². The van der Waals surface area contributed by atoms with Gasteiger partial charge < -0.3 is 10.7 Å². The van der Waals surface area contributed by atoms with Gasteiger partial charge in [-0.05, 0) is 36.6 Å². The number of nitrogens with zero attached hydrogens (tertiary/aromatic N) is 2. The predicted octanol–water partition coefficient (Wildman–Crippen LogP) is 3.42. The third kappa shape index (κ3) is 2.44. The van der Waals surface area contributed by atoms with Gasteiger partial charge >= 0.3 is 0 Å². The summed E-state index contributed by atoms with van der Waals surface area (Å²) in [5, 5.41) is 5.89. The Bertz CT molecular complexity index is 795. The molecule has 22 heavy (non-hydrogen) atoms. The maximum Gasteiger partial charge on any atom is 0.0653 e. The molecule has 2 heterocycles. The van der Waals surface area contributed by atoms with E-state index in [1.807, 2.05) is 11.7 Å². The average Bonchev–Trinajstić information content (AvgIpc) is 3.05. The van der Waals surface area contributed by atoms with E-state index in [1.165, 1.54) is 22.2 Å². The van der Waals surface area contributed by atoms with Gasteiger partial charge in [-0.2, -0.15) is 5.10 Å². The molecule has 3 aromatic rings. The van der Waals surface area contributed by atoms with Crippen LogP contribution in [0.4, 0.5) is 0 Å². The molecule has 2 aromatic heterocycles. The van der Waals surface area contributed by atoms with Gasteiger partial charge in [0.25, 0.3) is 0 Å². The van der Waals surface area contributed by atoms with E-state index in [2.05, 4.69) is 61.3 Å². The van der Waals surface area contributed by atoms with E-state index in [0.29, 0.717) is 12.5 Å². The summed E-state index contributed by atoms with van der Waals surface area (Å²) in [4.78, 5) is 3.36. The SMILES string of the molecule is Cc1ccc2[nH]cc(C(CN)c3cc(C(C)C)nn3C)c2c1. The van der Waals surface area contributed by atoms with Gasteiger partial charge in [-0.1, -0.05) is 25.5 Å². The van der Waals surface area contributed by atoms with Gasteiger partial charge in [-0.15, -0.1) is 0 Å². The molecular weight excluding hydrogens is 272 g/mol. The Labute approximate surface area is 131 Å². The summed E-state index contributed by atoms with van der Waals surface area (Å²) in [6.07, 6.45) is 2.09. The fraction of sp³-hybridized carbons (Fsp3) is 0.389. The smallest absolute Gasteiger partial charge is 0.0653 e. The molecular formula is C18H24N4. The van der Waals surface area contributed by atoms with Gasteiger partial charge in [0, 0.05) is 42.3 Å². The third-order valence-corrected chi connectivity index (χ3v) is 4.36. The van der Waals surface area contributed by atoms with Gasteiger partial charge in [-0.25, -0.2) is 0 Å². The number of nitrogens with one attached hydrogen (secondary N) is 1. The summed E-state index contributed by atoms with van der Waals surface area (Å²) in [6.45, 7) is 7.02. The Kier molecular flexibility index (Phi) is 3.79. The van der Waals surface area contributed by atoms with Crippen LogP contribution in [0.1, 0.15) is 48.2 Å². The van der Waals surface area contributed by atoms with Crippen molar-refractivity contribution >= 4 is 10.9 Å². The molecule has 0 radical (unpaired) electrons. The van der Waals surface area contributed by atoms with Crippen LogP contribution >= 0.6 is 0 Å². The van der Waals surface area contributed by atoms with Crippen LogP contribution in [0.2, 0.25) is 0 Å². The van der Waals surface area contributed by atoms with Crippen molar-refractivity contribution in [1.82, 2.24) is 14.8 Å². The van der Waals surface area contributed by atoms with Crippen molar-refractivity contribution in [2.75, 3.05) is 6.54 Å². The molecule has 0 aliphatic carbocycles. The summed E-state index contributed by atoms with van der Waals surface area (Å²) in [5.74, 6) is 0.573. The fourth-order valence-electron chi connectivity index (χ4n) is 3.06. The van der Waals surface area contributed by atoms with Crippen molar-refractivity contribution in [3.05, 3.63) is 53.0 Å². The Hall–Kier alpha value is -2.07. The second-order valence-corrected chi connectivity index (χ2v) is 6.35. The first-order chi connectivity index (χ1) is 10.5. The largest absolute Gasteiger partial charge is 0.361 e. The van der Waals surface area contributed by atoms with Crippen LogP contribution in [0, 0.1) is 6.92 Å². The molecule has 4 nitrogen and oxygen atoms in total. The standard InChI is InChI=1S/C18H24N4/c1-11(2)17-8-18(22(4)21-17)14(9-19)15-10-20-16-6-5-12(3)7-13(15)16/h5-8,10-11,14,20H,9,19H2,1-4H3. The van der Waals surface area contributed by atoms with Gasteiger partial charge in [0.05, 0.1) is 5.69 Å².